The third kappa shape index (κ3) is 3.55. The Morgan fingerprint density at radius 1 is 1.15 bits per heavy atom. The van der Waals surface area contributed by atoms with Crippen LogP contribution >= 0.6 is 0 Å². The van der Waals surface area contributed by atoms with E-state index >= 15 is 0 Å². The van der Waals surface area contributed by atoms with Crippen LogP contribution in [0.15, 0.2) is 24.3 Å². The van der Waals surface area contributed by atoms with Crippen molar-refractivity contribution in [2.75, 3.05) is 36.8 Å². The van der Waals surface area contributed by atoms with Crippen molar-refractivity contribution >= 4 is 21.5 Å². The van der Waals surface area contributed by atoms with Gasteiger partial charge in [0.05, 0.1) is 0 Å². The van der Waals surface area contributed by atoms with Gasteiger partial charge in [-0.05, 0) is 31.2 Å². The molecule has 1 saturated heterocycles. The van der Waals surface area contributed by atoms with Crippen LogP contribution in [0.1, 0.15) is 6.92 Å². The molecule has 1 fully saturated rings. The third-order valence-corrected chi connectivity index (χ3v) is 5.13. The van der Waals surface area contributed by atoms with Crippen molar-refractivity contribution < 1.29 is 17.6 Å². The zero-order valence-electron chi connectivity index (χ0n) is 11.3. The lowest BCUT2D eigenvalue weighted by molar-refractivity contribution is -0.114. The van der Waals surface area contributed by atoms with Gasteiger partial charge >= 0.3 is 0 Å². The number of nitrogens with zero attached hydrogens (tertiary/aromatic N) is 2. The molecule has 0 N–H and O–H groups in total. The van der Waals surface area contributed by atoms with Gasteiger partial charge in [0.15, 0.2) is 0 Å². The number of sulfonamides is 1. The molecule has 1 aromatic carbocycles. The van der Waals surface area contributed by atoms with Crippen molar-refractivity contribution in [2.45, 2.75) is 6.92 Å². The Hall–Kier alpha value is -1.47. The van der Waals surface area contributed by atoms with Gasteiger partial charge in [-0.3, -0.25) is 4.79 Å². The number of rotatable bonds is 4. The molecule has 1 heterocycles. The minimum absolute atomic E-state index is 0.295. The smallest absolute Gasteiger partial charge is 0.221 e. The molecule has 0 saturated carbocycles. The van der Waals surface area contributed by atoms with Crippen molar-refractivity contribution in [1.29, 1.82) is 0 Å². The lowest BCUT2D eigenvalue weighted by atomic mass is 10.2. The lowest BCUT2D eigenvalue weighted by Crippen LogP contribution is -2.49. The SMILES string of the molecule is CC(=O)CS(=O)(=O)N1CCN(c2ccc(F)cc2)CC1. The number of benzene rings is 1. The minimum atomic E-state index is -3.50. The summed E-state index contributed by atoms with van der Waals surface area (Å²) in [6, 6.07) is 6.12. The van der Waals surface area contributed by atoms with Crippen LogP contribution in [0, 0.1) is 5.82 Å². The van der Waals surface area contributed by atoms with Crippen molar-refractivity contribution in [3.8, 4) is 0 Å². The Balaban J connectivity index is 1.99. The summed E-state index contributed by atoms with van der Waals surface area (Å²) in [4.78, 5) is 13.0. The summed E-state index contributed by atoms with van der Waals surface area (Å²) in [7, 11) is -3.50. The number of hydrogen-bond acceptors (Lipinski definition) is 4. The molecule has 7 heteroatoms. The third-order valence-electron chi connectivity index (χ3n) is 3.21. The zero-order chi connectivity index (χ0) is 14.8. The molecule has 0 aromatic heterocycles. The Bertz CT molecular complexity index is 578. The highest BCUT2D eigenvalue weighted by atomic mass is 32.2. The van der Waals surface area contributed by atoms with E-state index in [0.717, 1.165) is 5.69 Å². The van der Waals surface area contributed by atoms with Crippen molar-refractivity contribution in [2.24, 2.45) is 0 Å². The Morgan fingerprint density at radius 3 is 2.20 bits per heavy atom. The first kappa shape index (κ1) is 14.9. The van der Waals surface area contributed by atoms with E-state index < -0.39 is 15.8 Å². The average molecular weight is 300 g/mol. The second-order valence-corrected chi connectivity index (χ2v) is 6.79. The summed E-state index contributed by atoms with van der Waals surface area (Å²) in [5.41, 5.74) is 0.870. The maximum absolute atomic E-state index is 12.9. The predicted molar refractivity (Wildman–Crippen MR) is 74.7 cm³/mol. The molecule has 1 aliphatic heterocycles. The first-order valence-corrected chi connectivity index (χ1v) is 7.97. The number of piperazine rings is 1. The molecule has 1 aliphatic rings. The van der Waals surface area contributed by atoms with Crippen molar-refractivity contribution in [1.82, 2.24) is 4.31 Å². The molecular formula is C13H17FN2O3S. The van der Waals surface area contributed by atoms with Gasteiger partial charge in [0, 0.05) is 31.9 Å². The van der Waals surface area contributed by atoms with E-state index in [1.165, 1.54) is 23.4 Å². The maximum Gasteiger partial charge on any atom is 0.221 e. The van der Waals surface area contributed by atoms with Crippen molar-refractivity contribution in [3.63, 3.8) is 0 Å². The fourth-order valence-electron chi connectivity index (χ4n) is 2.22. The van der Waals surface area contributed by atoms with E-state index in [9.17, 15) is 17.6 Å². The topological polar surface area (TPSA) is 57.7 Å². The molecule has 0 radical (unpaired) electrons. The summed E-state index contributed by atoms with van der Waals surface area (Å²) in [5.74, 6) is -1.09. The van der Waals surface area contributed by atoms with E-state index in [4.69, 9.17) is 0 Å². The highest BCUT2D eigenvalue weighted by Gasteiger charge is 2.27. The molecule has 5 nitrogen and oxygen atoms in total. The number of anilines is 1. The Morgan fingerprint density at radius 2 is 1.70 bits per heavy atom. The quantitative estimate of drug-likeness (QED) is 0.828. The summed E-state index contributed by atoms with van der Waals surface area (Å²) in [5, 5.41) is 0. The summed E-state index contributed by atoms with van der Waals surface area (Å²) in [6.45, 7) is 3.01. The first-order chi connectivity index (χ1) is 9.38. The Kier molecular flexibility index (Phi) is 4.39. The largest absolute Gasteiger partial charge is 0.369 e. The maximum atomic E-state index is 12.9. The van der Waals surface area contributed by atoms with E-state index in [0.29, 0.717) is 26.2 Å². The average Bonchev–Trinajstić information content (AvgIpc) is 2.38. The number of Topliss-reactive ketones (excluding diaryl/α,β-unsaturated/α-hetero) is 1. The summed E-state index contributed by atoms with van der Waals surface area (Å²) < 4.78 is 38.0. The molecule has 0 bridgehead atoms. The van der Waals surface area contributed by atoms with Crippen LogP contribution in [0.25, 0.3) is 0 Å². The van der Waals surface area contributed by atoms with Crippen LogP contribution < -0.4 is 4.90 Å². The van der Waals surface area contributed by atoms with Crippen LogP contribution in [-0.2, 0) is 14.8 Å². The standard InChI is InChI=1S/C13H17FN2O3S/c1-11(17)10-20(18,19)16-8-6-15(7-9-16)13-4-2-12(14)3-5-13/h2-5H,6-10H2,1H3. The zero-order valence-corrected chi connectivity index (χ0v) is 12.1. The number of carbonyl (C=O) groups excluding carboxylic acids is 1. The molecule has 20 heavy (non-hydrogen) atoms. The molecule has 0 unspecified atom stereocenters. The van der Waals surface area contributed by atoms with E-state index in [2.05, 4.69) is 0 Å². The molecule has 0 aliphatic carbocycles. The normalized spacial score (nSPS) is 17.2. The van der Waals surface area contributed by atoms with Gasteiger partial charge in [0.1, 0.15) is 17.4 Å². The number of hydrogen-bond donors (Lipinski definition) is 0. The van der Waals surface area contributed by atoms with Gasteiger partial charge < -0.3 is 4.90 Å². The summed E-state index contributed by atoms with van der Waals surface area (Å²) in [6.07, 6.45) is 0. The van der Waals surface area contributed by atoms with E-state index in [-0.39, 0.29) is 11.6 Å². The van der Waals surface area contributed by atoms with Gasteiger partial charge in [-0.25, -0.2) is 12.8 Å². The second-order valence-electron chi connectivity index (χ2n) is 4.82. The van der Waals surface area contributed by atoms with Crippen LogP contribution in [0.3, 0.4) is 0 Å². The van der Waals surface area contributed by atoms with Gasteiger partial charge in [-0.2, -0.15) is 4.31 Å². The molecule has 0 spiro atoms. The fourth-order valence-corrected chi connectivity index (χ4v) is 3.64. The van der Waals surface area contributed by atoms with Crippen molar-refractivity contribution in [3.05, 3.63) is 30.1 Å². The first-order valence-electron chi connectivity index (χ1n) is 6.36. The Labute approximate surface area is 118 Å². The highest BCUT2D eigenvalue weighted by molar-refractivity contribution is 7.89. The monoisotopic (exact) mass is 300 g/mol. The molecular weight excluding hydrogens is 283 g/mol. The van der Waals surface area contributed by atoms with Crippen LogP contribution in [0.2, 0.25) is 0 Å². The molecule has 1 aromatic rings. The van der Waals surface area contributed by atoms with Gasteiger partial charge in [-0.1, -0.05) is 0 Å². The van der Waals surface area contributed by atoms with Gasteiger partial charge in [0.2, 0.25) is 10.0 Å². The lowest BCUT2D eigenvalue weighted by Gasteiger charge is -2.35. The summed E-state index contributed by atoms with van der Waals surface area (Å²) >= 11 is 0. The minimum Gasteiger partial charge on any atom is -0.369 e. The fraction of sp³-hybridized carbons (Fsp3) is 0.462. The number of ketones is 1. The van der Waals surface area contributed by atoms with Crippen LogP contribution in [0.5, 0.6) is 0 Å². The predicted octanol–water partition coefficient (Wildman–Crippen LogP) is 0.866. The highest BCUT2D eigenvalue weighted by Crippen LogP contribution is 2.18. The van der Waals surface area contributed by atoms with Gasteiger partial charge in [-0.15, -0.1) is 0 Å². The number of halogens is 1. The molecule has 0 amide bonds. The molecule has 2 rings (SSSR count). The number of carbonyl (C=O) groups is 1. The van der Waals surface area contributed by atoms with E-state index in [1.807, 2.05) is 4.90 Å². The molecule has 110 valence electrons. The van der Waals surface area contributed by atoms with Gasteiger partial charge in [0.25, 0.3) is 0 Å². The molecule has 0 atom stereocenters. The van der Waals surface area contributed by atoms with Crippen LogP contribution in [-0.4, -0.2) is 50.4 Å². The van der Waals surface area contributed by atoms with E-state index in [1.54, 1.807) is 12.1 Å². The second kappa shape index (κ2) is 5.88. The van der Waals surface area contributed by atoms with Crippen LogP contribution in [0.4, 0.5) is 10.1 Å².